The van der Waals surface area contributed by atoms with Crippen LogP contribution in [0.15, 0.2) is 30.3 Å². The molecule has 0 bridgehead atoms. The number of hydrogen-bond donors (Lipinski definition) is 2. The van der Waals surface area contributed by atoms with Crippen molar-refractivity contribution in [1.82, 2.24) is 4.90 Å². The largest absolute Gasteiger partial charge is 0.493 e. The lowest BCUT2D eigenvalue weighted by Gasteiger charge is -2.27. The van der Waals surface area contributed by atoms with Gasteiger partial charge < -0.3 is 19.9 Å². The van der Waals surface area contributed by atoms with Gasteiger partial charge >= 0.3 is 0 Å². The van der Waals surface area contributed by atoms with Gasteiger partial charge in [-0.05, 0) is 49.1 Å². The predicted molar refractivity (Wildman–Crippen MR) is 143 cm³/mol. The summed E-state index contributed by atoms with van der Waals surface area (Å²) in [6, 6.07) is 6.82. The van der Waals surface area contributed by atoms with Crippen molar-refractivity contribution >= 4 is 33.2 Å². The quantitative estimate of drug-likeness (QED) is 0.289. The Morgan fingerprint density at radius 3 is 2.37 bits per heavy atom. The number of benzene rings is 2. The number of ether oxygens (including phenoxy) is 2. The maximum atomic E-state index is 13.9. The first-order valence-electron chi connectivity index (χ1n) is 12.5. The maximum absolute atomic E-state index is 13.9. The molecule has 0 unspecified atom stereocenters. The van der Waals surface area contributed by atoms with Crippen LogP contribution in [-0.4, -0.2) is 68.5 Å². The number of anilines is 1. The van der Waals surface area contributed by atoms with Crippen molar-refractivity contribution in [2.24, 2.45) is 0 Å². The second kappa shape index (κ2) is 12.4. The fraction of sp³-hybridized carbons (Fsp3) is 0.444. The van der Waals surface area contributed by atoms with E-state index in [1.54, 1.807) is 31.2 Å². The molecule has 1 heterocycles. The van der Waals surface area contributed by atoms with E-state index in [-0.39, 0.29) is 16.8 Å². The second-order valence-corrected chi connectivity index (χ2v) is 11.3. The monoisotopic (exact) mass is 546 g/mol. The average molecular weight is 547 g/mol. The smallest absolute Gasteiger partial charge is 0.264 e. The number of amides is 3. The molecule has 0 spiro atoms. The molecule has 1 aliphatic heterocycles. The van der Waals surface area contributed by atoms with Gasteiger partial charge in [-0.15, -0.1) is 0 Å². The van der Waals surface area contributed by atoms with Crippen LogP contribution in [0.2, 0.25) is 0 Å². The van der Waals surface area contributed by atoms with Crippen molar-refractivity contribution in [3.63, 3.8) is 0 Å². The lowest BCUT2D eigenvalue weighted by atomic mass is 9.96. The molecule has 1 aliphatic rings. The lowest BCUT2D eigenvalue weighted by Crippen LogP contribution is -2.38. The first kappa shape index (κ1) is 29.1. The van der Waals surface area contributed by atoms with Gasteiger partial charge in [-0.1, -0.05) is 31.9 Å². The van der Waals surface area contributed by atoms with Crippen molar-refractivity contribution in [2.75, 3.05) is 37.6 Å². The molecule has 0 aromatic heterocycles. The average Bonchev–Trinajstić information content (AvgIpc) is 3.14. The molecular weight excluding hydrogens is 512 g/mol. The zero-order chi connectivity index (χ0) is 28.0. The van der Waals surface area contributed by atoms with E-state index < -0.39 is 46.0 Å². The molecule has 0 fully saturated rings. The lowest BCUT2D eigenvalue weighted by molar-refractivity contribution is -0.118. The van der Waals surface area contributed by atoms with Crippen LogP contribution in [0.5, 0.6) is 11.5 Å². The minimum Gasteiger partial charge on any atom is -0.493 e. The number of carbonyl (C=O) groups is 3. The van der Waals surface area contributed by atoms with Gasteiger partial charge in [0.1, 0.15) is 16.4 Å². The summed E-state index contributed by atoms with van der Waals surface area (Å²) in [7, 11) is -2.20. The number of sulfone groups is 1. The van der Waals surface area contributed by atoms with Gasteiger partial charge in [-0.3, -0.25) is 19.3 Å². The van der Waals surface area contributed by atoms with E-state index in [0.29, 0.717) is 35.7 Å². The fourth-order valence-corrected chi connectivity index (χ4v) is 5.49. The second-order valence-electron chi connectivity index (χ2n) is 9.12. The van der Waals surface area contributed by atoms with E-state index in [9.17, 15) is 27.9 Å². The van der Waals surface area contributed by atoms with Gasteiger partial charge in [-0.2, -0.15) is 0 Å². The molecular formula is C27H34N2O8S. The van der Waals surface area contributed by atoms with Crippen molar-refractivity contribution in [1.29, 1.82) is 0 Å². The van der Waals surface area contributed by atoms with Crippen LogP contribution in [-0.2, 0) is 21.1 Å². The molecule has 0 aliphatic carbocycles. The predicted octanol–water partition coefficient (Wildman–Crippen LogP) is 3.14. The number of carbonyl (C=O) groups excluding carboxylic acids is 3. The third-order valence-electron chi connectivity index (χ3n) is 6.27. The first-order valence-corrected chi connectivity index (χ1v) is 14.5. The molecule has 2 aromatic rings. The summed E-state index contributed by atoms with van der Waals surface area (Å²) in [4.78, 5) is 40.7. The Morgan fingerprint density at radius 1 is 1.05 bits per heavy atom. The number of aliphatic hydroxyl groups is 1. The van der Waals surface area contributed by atoms with Crippen LogP contribution < -0.4 is 14.8 Å². The van der Waals surface area contributed by atoms with Crippen LogP contribution in [0.3, 0.4) is 0 Å². The van der Waals surface area contributed by atoms with Crippen LogP contribution in [0.25, 0.3) is 0 Å². The van der Waals surface area contributed by atoms with Crippen LogP contribution in [0.4, 0.5) is 5.69 Å². The van der Waals surface area contributed by atoms with E-state index in [4.69, 9.17) is 9.47 Å². The molecule has 11 heteroatoms. The number of fused-ring (bicyclic) bond motifs is 1. The number of imide groups is 1. The molecule has 2 aromatic carbocycles. The van der Waals surface area contributed by atoms with Gasteiger partial charge in [0.25, 0.3) is 11.8 Å². The summed E-state index contributed by atoms with van der Waals surface area (Å²) < 4.78 is 36.0. The highest BCUT2D eigenvalue weighted by molar-refractivity contribution is 7.90. The molecule has 2 N–H and O–H groups in total. The number of aliphatic hydroxyl groups excluding tert-OH is 1. The molecule has 38 heavy (non-hydrogen) atoms. The Labute approximate surface area is 222 Å². The van der Waals surface area contributed by atoms with Crippen molar-refractivity contribution in [3.8, 4) is 11.5 Å². The van der Waals surface area contributed by atoms with Gasteiger partial charge in [0.15, 0.2) is 11.5 Å². The van der Waals surface area contributed by atoms with Crippen LogP contribution >= 0.6 is 0 Å². The third-order valence-corrected chi connectivity index (χ3v) is 7.19. The highest BCUT2D eigenvalue weighted by Gasteiger charge is 2.44. The number of hydrogen-bond acceptors (Lipinski definition) is 8. The number of nitrogens with zero attached hydrogens (tertiary/aromatic N) is 1. The van der Waals surface area contributed by atoms with Crippen molar-refractivity contribution in [3.05, 3.63) is 52.6 Å². The maximum Gasteiger partial charge on any atom is 0.264 e. The summed E-state index contributed by atoms with van der Waals surface area (Å²) in [6.45, 7) is 3.35. The molecule has 10 nitrogen and oxygen atoms in total. The van der Waals surface area contributed by atoms with Crippen molar-refractivity contribution < 1.29 is 37.4 Å². The van der Waals surface area contributed by atoms with Crippen LogP contribution in [0, 0.1) is 0 Å². The Kier molecular flexibility index (Phi) is 9.50. The number of rotatable bonds is 13. The highest BCUT2D eigenvalue weighted by Crippen LogP contribution is 2.40. The van der Waals surface area contributed by atoms with Crippen LogP contribution in [0.1, 0.15) is 71.0 Å². The Balaban J connectivity index is 2.17. The zero-order valence-electron chi connectivity index (χ0n) is 22.1. The molecule has 206 valence electrons. The van der Waals surface area contributed by atoms with E-state index in [1.165, 1.54) is 13.2 Å². The van der Waals surface area contributed by atoms with Gasteiger partial charge in [0.2, 0.25) is 5.91 Å². The number of nitrogens with one attached hydrogen (secondary N) is 1. The number of aryl methyl sites for hydroxylation is 1. The topological polar surface area (TPSA) is 139 Å². The molecule has 0 radical (unpaired) electrons. The fourth-order valence-electron chi connectivity index (χ4n) is 4.57. The SMILES string of the molecule is CCCCCc1ccc(NC(=O)CO)c2c1C(=O)N([C@H](CS(C)(=O)=O)c1ccc(OC)c(OCC)c1)C2=O. The normalized spacial score (nSPS) is 13.9. The molecule has 1 atom stereocenters. The summed E-state index contributed by atoms with van der Waals surface area (Å²) in [5.74, 6) is -1.85. The summed E-state index contributed by atoms with van der Waals surface area (Å²) in [5, 5.41) is 11.7. The first-order chi connectivity index (χ1) is 18.1. The number of methoxy groups -OCH3 is 1. The molecule has 0 saturated carbocycles. The molecule has 0 saturated heterocycles. The minimum absolute atomic E-state index is 0.0113. The van der Waals surface area contributed by atoms with Gasteiger partial charge in [0.05, 0.1) is 42.3 Å². The summed E-state index contributed by atoms with van der Waals surface area (Å²) in [5.41, 5.74) is 1.23. The highest BCUT2D eigenvalue weighted by atomic mass is 32.2. The zero-order valence-corrected chi connectivity index (χ0v) is 22.9. The van der Waals surface area contributed by atoms with Gasteiger partial charge in [0, 0.05) is 6.26 Å². The summed E-state index contributed by atoms with van der Waals surface area (Å²) in [6.07, 6.45) is 4.24. The van der Waals surface area contributed by atoms with E-state index >= 15 is 0 Å². The number of unbranched alkanes of at least 4 members (excludes halogenated alkanes) is 2. The molecule has 3 amide bonds. The molecule has 3 rings (SSSR count). The Morgan fingerprint density at radius 2 is 1.76 bits per heavy atom. The van der Waals surface area contributed by atoms with E-state index in [2.05, 4.69) is 12.2 Å². The Hall–Kier alpha value is -3.44. The van der Waals surface area contributed by atoms with Gasteiger partial charge in [-0.25, -0.2) is 8.42 Å². The standard InChI is InChI=1S/C27H34N2O8S/c1-5-7-8-9-17-10-12-19(28-23(31)15-30)25-24(17)26(32)29(27(25)33)20(16-38(4,34)35)18-11-13-21(36-3)22(14-18)37-6-2/h10-14,20,30H,5-9,15-16H2,1-4H3,(H,28,31)/t20-/m1/s1. The minimum atomic E-state index is -3.67. The van der Waals surface area contributed by atoms with E-state index in [0.717, 1.165) is 30.4 Å². The third kappa shape index (κ3) is 6.33. The Bertz CT molecular complexity index is 1320. The van der Waals surface area contributed by atoms with E-state index in [1.807, 2.05) is 0 Å². The van der Waals surface area contributed by atoms with Crippen molar-refractivity contribution in [2.45, 2.75) is 45.6 Å². The summed E-state index contributed by atoms with van der Waals surface area (Å²) >= 11 is 0.